The summed E-state index contributed by atoms with van der Waals surface area (Å²) in [6.45, 7) is 3.97. The third-order valence-electron chi connectivity index (χ3n) is 6.74. The van der Waals surface area contributed by atoms with Gasteiger partial charge < -0.3 is 20.3 Å². The molecule has 3 heterocycles. The van der Waals surface area contributed by atoms with Gasteiger partial charge in [0.25, 0.3) is 0 Å². The Bertz CT molecular complexity index is 1280. The standard InChI is InChI=1S/C22H22FN5O2S.C6H13N/c1-25-22-13-20(15-3-4-16(14-24)18(23)11-15)28(26-22)19-6-5-17(12-21(19)30-2)27-7-9-31(29)10-8-27;1-2-4-6-7-5-3-1/h3-6,11-13H,7-10H2,1-2H3,(H,25,26);7H,1-6H2. The van der Waals surface area contributed by atoms with Gasteiger partial charge in [-0.2, -0.15) is 5.26 Å². The second kappa shape index (κ2) is 13.4. The Morgan fingerprint density at radius 1 is 1.08 bits per heavy atom. The zero-order chi connectivity index (χ0) is 26.9. The molecule has 10 heteroatoms. The lowest BCUT2D eigenvalue weighted by Crippen LogP contribution is -2.37. The number of aromatic nitrogens is 2. The van der Waals surface area contributed by atoms with Crippen LogP contribution in [-0.2, 0) is 10.8 Å². The Morgan fingerprint density at radius 3 is 2.45 bits per heavy atom. The van der Waals surface area contributed by atoms with Gasteiger partial charge in [0.2, 0.25) is 0 Å². The van der Waals surface area contributed by atoms with Gasteiger partial charge in [-0.05, 0) is 50.2 Å². The Morgan fingerprint density at radius 2 is 1.82 bits per heavy atom. The summed E-state index contributed by atoms with van der Waals surface area (Å²) in [5.74, 6) is 1.96. The van der Waals surface area contributed by atoms with Crippen LogP contribution in [0.3, 0.4) is 0 Å². The SMILES string of the molecule is C1CCCNCC1.CNc1cc(-c2ccc(C#N)c(F)c2)n(-c2ccc(N3CCS(=O)CC3)cc2OC)n1. The number of hydrogen-bond donors (Lipinski definition) is 2. The molecule has 3 aromatic rings. The van der Waals surface area contributed by atoms with Crippen molar-refractivity contribution in [1.29, 1.82) is 5.26 Å². The molecule has 2 fully saturated rings. The van der Waals surface area contributed by atoms with Gasteiger partial charge in [-0.15, -0.1) is 5.10 Å². The van der Waals surface area contributed by atoms with E-state index in [1.54, 1.807) is 24.9 Å². The van der Waals surface area contributed by atoms with E-state index in [2.05, 4.69) is 20.6 Å². The normalized spacial score (nSPS) is 16.1. The number of nitrogens with one attached hydrogen (secondary N) is 2. The number of methoxy groups -OCH3 is 1. The Kier molecular flexibility index (Phi) is 9.73. The largest absolute Gasteiger partial charge is 0.494 e. The first-order valence-electron chi connectivity index (χ1n) is 13.0. The van der Waals surface area contributed by atoms with Gasteiger partial charge in [0.15, 0.2) is 0 Å². The molecule has 0 unspecified atom stereocenters. The van der Waals surface area contributed by atoms with Gasteiger partial charge in [0, 0.05) is 65.8 Å². The third-order valence-corrected chi connectivity index (χ3v) is 8.02. The quantitative estimate of drug-likeness (QED) is 0.500. The van der Waals surface area contributed by atoms with E-state index in [1.807, 2.05) is 30.3 Å². The predicted molar refractivity (Wildman–Crippen MR) is 151 cm³/mol. The van der Waals surface area contributed by atoms with E-state index < -0.39 is 16.6 Å². The molecule has 0 spiro atoms. The Balaban J connectivity index is 0.000000417. The van der Waals surface area contributed by atoms with Gasteiger partial charge in [0.1, 0.15) is 29.1 Å². The van der Waals surface area contributed by atoms with E-state index in [4.69, 9.17) is 10.00 Å². The molecule has 0 atom stereocenters. The Labute approximate surface area is 226 Å². The lowest BCUT2D eigenvalue weighted by molar-refractivity contribution is 0.412. The molecule has 0 saturated carbocycles. The molecule has 0 radical (unpaired) electrons. The van der Waals surface area contributed by atoms with Crippen molar-refractivity contribution in [2.45, 2.75) is 25.7 Å². The summed E-state index contributed by atoms with van der Waals surface area (Å²) in [6.07, 6.45) is 5.65. The molecule has 202 valence electrons. The average Bonchev–Trinajstić information content (AvgIpc) is 3.15. The number of nitrogens with zero attached hydrogens (tertiary/aromatic N) is 4. The average molecular weight is 539 g/mol. The van der Waals surface area contributed by atoms with E-state index in [1.165, 1.54) is 50.9 Å². The fourth-order valence-electron chi connectivity index (χ4n) is 4.57. The molecule has 1 aromatic heterocycles. The fourth-order valence-corrected chi connectivity index (χ4v) is 5.62. The zero-order valence-electron chi connectivity index (χ0n) is 22.0. The van der Waals surface area contributed by atoms with Crippen molar-refractivity contribution < 1.29 is 13.3 Å². The first-order valence-corrected chi connectivity index (χ1v) is 14.5. The molecule has 0 amide bonds. The van der Waals surface area contributed by atoms with E-state index in [0.29, 0.717) is 40.0 Å². The summed E-state index contributed by atoms with van der Waals surface area (Å²) in [4.78, 5) is 2.19. The molecule has 8 nitrogen and oxygen atoms in total. The van der Waals surface area contributed by atoms with Crippen molar-refractivity contribution in [3.63, 3.8) is 0 Å². The summed E-state index contributed by atoms with van der Waals surface area (Å²) in [7, 11) is 2.61. The molecule has 38 heavy (non-hydrogen) atoms. The van der Waals surface area contributed by atoms with Crippen molar-refractivity contribution in [3.8, 4) is 28.8 Å². The maximum atomic E-state index is 14.3. The summed E-state index contributed by atoms with van der Waals surface area (Å²) >= 11 is 0. The lowest BCUT2D eigenvalue weighted by Gasteiger charge is -2.29. The second-order valence-corrected chi connectivity index (χ2v) is 10.9. The van der Waals surface area contributed by atoms with Crippen LogP contribution in [0.5, 0.6) is 5.75 Å². The van der Waals surface area contributed by atoms with Crippen LogP contribution in [0.15, 0.2) is 42.5 Å². The molecule has 2 aliphatic rings. The smallest absolute Gasteiger partial charge is 0.148 e. The van der Waals surface area contributed by atoms with Gasteiger partial charge in [0.05, 0.1) is 18.4 Å². The molecular formula is C28H35FN6O2S. The number of nitriles is 1. The maximum absolute atomic E-state index is 14.3. The minimum Gasteiger partial charge on any atom is -0.494 e. The van der Waals surface area contributed by atoms with Crippen molar-refractivity contribution in [2.75, 3.05) is 62.1 Å². The third kappa shape index (κ3) is 6.71. The van der Waals surface area contributed by atoms with Crippen LogP contribution in [-0.4, -0.2) is 65.8 Å². The van der Waals surface area contributed by atoms with Crippen LogP contribution in [0, 0.1) is 17.1 Å². The Hall–Kier alpha value is -3.42. The summed E-state index contributed by atoms with van der Waals surface area (Å²) in [6, 6.07) is 14.0. The summed E-state index contributed by atoms with van der Waals surface area (Å²) < 4.78 is 33.3. The lowest BCUT2D eigenvalue weighted by atomic mass is 10.1. The number of hydrogen-bond acceptors (Lipinski definition) is 7. The number of ether oxygens (including phenoxy) is 1. The van der Waals surface area contributed by atoms with E-state index >= 15 is 0 Å². The van der Waals surface area contributed by atoms with Crippen molar-refractivity contribution in [1.82, 2.24) is 15.1 Å². The minimum absolute atomic E-state index is 0.00643. The van der Waals surface area contributed by atoms with Crippen LogP contribution in [0.25, 0.3) is 16.9 Å². The van der Waals surface area contributed by atoms with Crippen molar-refractivity contribution >= 4 is 22.3 Å². The summed E-state index contributed by atoms with van der Waals surface area (Å²) in [5, 5.41) is 20.0. The minimum atomic E-state index is -0.748. The molecule has 5 rings (SSSR count). The molecule has 2 aliphatic heterocycles. The van der Waals surface area contributed by atoms with Gasteiger partial charge in [-0.25, -0.2) is 9.07 Å². The first-order chi connectivity index (χ1) is 18.5. The van der Waals surface area contributed by atoms with Gasteiger partial charge in [-0.1, -0.05) is 18.9 Å². The van der Waals surface area contributed by atoms with E-state index in [0.717, 1.165) is 18.8 Å². The van der Waals surface area contributed by atoms with Crippen LogP contribution >= 0.6 is 0 Å². The van der Waals surface area contributed by atoms with Crippen molar-refractivity contribution in [2.24, 2.45) is 0 Å². The second-order valence-electron chi connectivity index (χ2n) is 9.24. The van der Waals surface area contributed by atoms with Crippen LogP contribution in [0.1, 0.15) is 31.2 Å². The van der Waals surface area contributed by atoms with E-state index in [9.17, 15) is 8.60 Å². The first kappa shape index (κ1) is 27.6. The number of rotatable bonds is 5. The monoisotopic (exact) mass is 538 g/mol. The summed E-state index contributed by atoms with van der Waals surface area (Å²) in [5.41, 5.74) is 2.94. The van der Waals surface area contributed by atoms with Crippen LogP contribution < -0.4 is 20.3 Å². The molecule has 2 saturated heterocycles. The molecule has 0 aliphatic carbocycles. The van der Waals surface area contributed by atoms with Gasteiger partial charge >= 0.3 is 0 Å². The molecular weight excluding hydrogens is 503 g/mol. The highest BCUT2D eigenvalue weighted by molar-refractivity contribution is 7.85. The number of benzene rings is 2. The molecule has 2 N–H and O–H groups in total. The van der Waals surface area contributed by atoms with Gasteiger partial charge in [-0.3, -0.25) is 4.21 Å². The van der Waals surface area contributed by atoms with E-state index in [-0.39, 0.29) is 5.56 Å². The predicted octanol–water partition coefficient (Wildman–Crippen LogP) is 4.32. The maximum Gasteiger partial charge on any atom is 0.148 e. The highest BCUT2D eigenvalue weighted by atomic mass is 32.2. The zero-order valence-corrected chi connectivity index (χ0v) is 22.8. The fraction of sp³-hybridized carbons (Fsp3) is 0.429. The van der Waals surface area contributed by atoms with Crippen molar-refractivity contribution in [3.05, 3.63) is 53.8 Å². The number of halogens is 1. The highest BCUT2D eigenvalue weighted by Crippen LogP contribution is 2.34. The molecule has 0 bridgehead atoms. The number of anilines is 2. The molecule has 2 aromatic carbocycles. The topological polar surface area (TPSA) is 95.2 Å². The van der Waals surface area contributed by atoms with Crippen LogP contribution in [0.2, 0.25) is 0 Å². The highest BCUT2D eigenvalue weighted by Gasteiger charge is 2.20. The van der Waals surface area contributed by atoms with Crippen LogP contribution in [0.4, 0.5) is 15.9 Å².